The molecule has 0 radical (unpaired) electrons. The lowest BCUT2D eigenvalue weighted by Crippen LogP contribution is -2.26. The monoisotopic (exact) mass is 405 g/mol. The molecular weight excluding hydrogens is 382 g/mol. The van der Waals surface area contributed by atoms with Gasteiger partial charge in [0, 0.05) is 17.3 Å². The first kappa shape index (κ1) is 20.9. The minimum absolute atomic E-state index is 0.218. The van der Waals surface area contributed by atoms with Crippen LogP contribution < -0.4 is 14.8 Å². The van der Waals surface area contributed by atoms with Crippen LogP contribution in [0.3, 0.4) is 0 Å². The Morgan fingerprint density at radius 3 is 2.00 bits per heavy atom. The lowest BCUT2D eigenvalue weighted by Gasteiger charge is -2.18. The van der Waals surface area contributed by atoms with Crippen molar-refractivity contribution >= 4 is 17.6 Å². The van der Waals surface area contributed by atoms with Crippen molar-refractivity contribution in [2.45, 2.75) is 13.0 Å². The van der Waals surface area contributed by atoms with E-state index in [0.29, 0.717) is 22.7 Å². The molecule has 3 aromatic carbocycles. The summed E-state index contributed by atoms with van der Waals surface area (Å²) >= 11 is 0. The van der Waals surface area contributed by atoms with E-state index >= 15 is 0 Å². The first-order chi connectivity index (χ1) is 14.5. The molecule has 1 N–H and O–H groups in total. The van der Waals surface area contributed by atoms with E-state index < -0.39 is 18.0 Å². The summed E-state index contributed by atoms with van der Waals surface area (Å²) in [6, 6.07) is 20.9. The van der Waals surface area contributed by atoms with Crippen LogP contribution in [0.4, 0.5) is 5.69 Å². The molecule has 0 saturated carbocycles. The maximum Gasteiger partial charge on any atom is 0.339 e. The van der Waals surface area contributed by atoms with Crippen molar-refractivity contribution in [2.75, 3.05) is 19.5 Å². The highest BCUT2D eigenvalue weighted by Gasteiger charge is 2.26. The minimum Gasteiger partial charge on any atom is -0.497 e. The Balaban J connectivity index is 1.87. The Bertz CT molecular complexity index is 993. The molecule has 3 aromatic rings. The van der Waals surface area contributed by atoms with Gasteiger partial charge < -0.3 is 19.5 Å². The van der Waals surface area contributed by atoms with Gasteiger partial charge in [-0.25, -0.2) is 4.79 Å². The van der Waals surface area contributed by atoms with Crippen LogP contribution in [-0.2, 0) is 9.53 Å². The first-order valence-corrected chi connectivity index (χ1v) is 9.36. The highest BCUT2D eigenvalue weighted by atomic mass is 16.5. The zero-order chi connectivity index (χ0) is 21.5. The quantitative estimate of drug-likeness (QED) is 0.584. The molecule has 0 spiro atoms. The van der Waals surface area contributed by atoms with Crippen molar-refractivity contribution < 1.29 is 23.8 Å². The summed E-state index contributed by atoms with van der Waals surface area (Å²) in [5.41, 5.74) is 2.47. The number of hydrogen-bond acceptors (Lipinski definition) is 5. The third-order valence-corrected chi connectivity index (χ3v) is 4.47. The SMILES string of the molecule is COc1cc(OC)cc(C(=O)O[C@@H](C(=O)Nc2ccc(C)cc2)c2ccccc2)c1. The van der Waals surface area contributed by atoms with Crippen molar-refractivity contribution in [2.24, 2.45) is 0 Å². The van der Waals surface area contributed by atoms with Crippen molar-refractivity contribution in [3.8, 4) is 11.5 Å². The molecule has 6 heteroatoms. The summed E-state index contributed by atoms with van der Waals surface area (Å²) in [5, 5.41) is 2.80. The molecule has 3 rings (SSSR count). The van der Waals surface area contributed by atoms with Crippen molar-refractivity contribution in [1.29, 1.82) is 0 Å². The normalized spacial score (nSPS) is 11.3. The number of carbonyl (C=O) groups excluding carboxylic acids is 2. The number of carbonyl (C=O) groups is 2. The molecule has 0 heterocycles. The molecule has 30 heavy (non-hydrogen) atoms. The zero-order valence-corrected chi connectivity index (χ0v) is 17.0. The molecule has 154 valence electrons. The second-order valence-corrected chi connectivity index (χ2v) is 6.65. The number of ether oxygens (including phenoxy) is 3. The summed E-state index contributed by atoms with van der Waals surface area (Å²) in [5.74, 6) is -0.225. The van der Waals surface area contributed by atoms with Gasteiger partial charge in [-0.2, -0.15) is 0 Å². The standard InChI is InChI=1S/C24H23NO5/c1-16-9-11-19(12-10-16)25-23(26)22(17-7-5-4-6-8-17)30-24(27)18-13-20(28-2)15-21(14-18)29-3/h4-15,22H,1-3H3,(H,25,26)/t22-/m1/s1. The summed E-state index contributed by atoms with van der Waals surface area (Å²) in [6.45, 7) is 1.96. The smallest absolute Gasteiger partial charge is 0.339 e. The Kier molecular flexibility index (Phi) is 6.70. The van der Waals surface area contributed by atoms with Gasteiger partial charge in [-0.05, 0) is 31.2 Å². The van der Waals surface area contributed by atoms with Crippen LogP contribution >= 0.6 is 0 Å². The van der Waals surface area contributed by atoms with E-state index in [1.165, 1.54) is 26.4 Å². The number of anilines is 1. The van der Waals surface area contributed by atoms with Crippen LogP contribution in [0.15, 0.2) is 72.8 Å². The zero-order valence-electron chi connectivity index (χ0n) is 17.0. The van der Waals surface area contributed by atoms with E-state index in [2.05, 4.69) is 5.32 Å². The van der Waals surface area contributed by atoms with Crippen molar-refractivity contribution in [1.82, 2.24) is 0 Å². The van der Waals surface area contributed by atoms with E-state index in [1.54, 1.807) is 42.5 Å². The van der Waals surface area contributed by atoms with Crippen LogP contribution in [0, 0.1) is 6.92 Å². The van der Waals surface area contributed by atoms with Gasteiger partial charge in [0.05, 0.1) is 19.8 Å². The van der Waals surface area contributed by atoms with Crippen molar-refractivity contribution in [3.63, 3.8) is 0 Å². The minimum atomic E-state index is -1.13. The largest absolute Gasteiger partial charge is 0.497 e. The molecule has 0 aliphatic heterocycles. The number of aryl methyl sites for hydroxylation is 1. The fraction of sp³-hybridized carbons (Fsp3) is 0.167. The summed E-state index contributed by atoms with van der Waals surface area (Å²) < 4.78 is 16.0. The molecule has 0 bridgehead atoms. The molecule has 0 aromatic heterocycles. The number of methoxy groups -OCH3 is 2. The molecular formula is C24H23NO5. The van der Waals surface area contributed by atoms with Crippen molar-refractivity contribution in [3.05, 3.63) is 89.5 Å². The summed E-state index contributed by atoms with van der Waals surface area (Å²) in [7, 11) is 2.98. The lowest BCUT2D eigenvalue weighted by molar-refractivity contribution is -0.125. The van der Waals surface area contributed by atoms with E-state index in [9.17, 15) is 9.59 Å². The third kappa shape index (κ3) is 5.17. The molecule has 0 unspecified atom stereocenters. The molecule has 0 fully saturated rings. The number of nitrogens with one attached hydrogen (secondary N) is 1. The van der Waals surface area contributed by atoms with Gasteiger partial charge in [-0.3, -0.25) is 4.79 Å². The molecule has 1 atom stereocenters. The Labute approximate surface area is 175 Å². The number of rotatable bonds is 7. The lowest BCUT2D eigenvalue weighted by atomic mass is 10.1. The topological polar surface area (TPSA) is 73.9 Å². The number of esters is 1. The Hall–Kier alpha value is -3.80. The first-order valence-electron chi connectivity index (χ1n) is 9.36. The van der Waals surface area contributed by atoms with Crippen LogP contribution in [0.1, 0.15) is 27.6 Å². The number of hydrogen-bond donors (Lipinski definition) is 1. The van der Waals surface area contributed by atoms with Gasteiger partial charge in [-0.15, -0.1) is 0 Å². The van der Waals surface area contributed by atoms with Crippen LogP contribution in [0.2, 0.25) is 0 Å². The molecule has 6 nitrogen and oxygen atoms in total. The fourth-order valence-corrected chi connectivity index (χ4v) is 2.85. The highest BCUT2D eigenvalue weighted by Crippen LogP contribution is 2.26. The predicted molar refractivity (Wildman–Crippen MR) is 114 cm³/mol. The van der Waals surface area contributed by atoms with E-state index in [4.69, 9.17) is 14.2 Å². The third-order valence-electron chi connectivity index (χ3n) is 4.47. The van der Waals surface area contributed by atoms with Gasteiger partial charge in [0.1, 0.15) is 11.5 Å². The molecule has 0 aliphatic rings. The van der Waals surface area contributed by atoms with E-state index in [1.807, 2.05) is 25.1 Å². The van der Waals surface area contributed by atoms with Gasteiger partial charge in [0.15, 0.2) is 0 Å². The van der Waals surface area contributed by atoms with Gasteiger partial charge >= 0.3 is 5.97 Å². The fourth-order valence-electron chi connectivity index (χ4n) is 2.85. The number of benzene rings is 3. The van der Waals surface area contributed by atoms with Crippen LogP contribution in [0.25, 0.3) is 0 Å². The maximum absolute atomic E-state index is 13.0. The molecule has 1 amide bonds. The average molecular weight is 405 g/mol. The number of amides is 1. The summed E-state index contributed by atoms with van der Waals surface area (Å²) in [6.07, 6.45) is -1.13. The van der Waals surface area contributed by atoms with E-state index in [0.717, 1.165) is 5.56 Å². The van der Waals surface area contributed by atoms with Gasteiger partial charge in [0.2, 0.25) is 6.10 Å². The van der Waals surface area contributed by atoms with Crippen LogP contribution in [0.5, 0.6) is 11.5 Å². The van der Waals surface area contributed by atoms with Gasteiger partial charge in [0.25, 0.3) is 5.91 Å². The second-order valence-electron chi connectivity index (χ2n) is 6.65. The maximum atomic E-state index is 13.0. The Morgan fingerprint density at radius 2 is 1.43 bits per heavy atom. The summed E-state index contributed by atoms with van der Waals surface area (Å²) in [4.78, 5) is 25.8. The van der Waals surface area contributed by atoms with E-state index in [-0.39, 0.29) is 5.56 Å². The van der Waals surface area contributed by atoms with Gasteiger partial charge in [-0.1, -0.05) is 48.0 Å². The Morgan fingerprint density at radius 1 is 0.833 bits per heavy atom. The second kappa shape index (κ2) is 9.60. The molecule has 0 aliphatic carbocycles. The van der Waals surface area contributed by atoms with Crippen LogP contribution in [-0.4, -0.2) is 26.1 Å². The average Bonchev–Trinajstić information content (AvgIpc) is 2.78. The predicted octanol–water partition coefficient (Wildman–Crippen LogP) is 4.55. The molecule has 0 saturated heterocycles. The highest BCUT2D eigenvalue weighted by molar-refractivity contribution is 5.98.